The molecular weight excluding hydrogens is 126 g/mol. The van der Waals surface area contributed by atoms with Crippen LogP contribution in [0.25, 0.3) is 0 Å². The predicted molar refractivity (Wildman–Crippen MR) is 40.6 cm³/mol. The Morgan fingerprint density at radius 1 is 1.70 bits per heavy atom. The number of imidazole rings is 1. The lowest BCUT2D eigenvalue weighted by molar-refractivity contribution is 0.788. The quantitative estimate of drug-likeness (QED) is 0.642. The number of nitrogens with two attached hydrogens (primary N) is 1. The van der Waals surface area contributed by atoms with Crippen LogP contribution in [0.15, 0.2) is 6.20 Å². The van der Waals surface area contributed by atoms with Crippen LogP contribution in [0, 0.1) is 0 Å². The first-order chi connectivity index (χ1) is 4.74. The molecule has 0 fully saturated rings. The van der Waals surface area contributed by atoms with E-state index in [1.54, 1.807) is 6.20 Å². The van der Waals surface area contributed by atoms with Crippen molar-refractivity contribution in [1.82, 2.24) is 9.97 Å². The van der Waals surface area contributed by atoms with Gasteiger partial charge in [-0.15, -0.1) is 0 Å². The molecule has 10 heavy (non-hydrogen) atoms. The molecule has 0 saturated heterocycles. The van der Waals surface area contributed by atoms with E-state index < -0.39 is 0 Å². The minimum Gasteiger partial charge on any atom is -0.345 e. The van der Waals surface area contributed by atoms with Crippen LogP contribution < -0.4 is 5.73 Å². The second-order valence-electron chi connectivity index (χ2n) is 2.65. The van der Waals surface area contributed by atoms with Crippen LogP contribution >= 0.6 is 0 Å². The molecule has 0 radical (unpaired) electrons. The van der Waals surface area contributed by atoms with E-state index in [1.807, 2.05) is 0 Å². The number of H-pyrrole nitrogens is 1. The summed E-state index contributed by atoms with van der Waals surface area (Å²) in [5.74, 6) is 1.47. The highest BCUT2D eigenvalue weighted by atomic mass is 14.9. The summed E-state index contributed by atoms with van der Waals surface area (Å²) in [7, 11) is 0. The van der Waals surface area contributed by atoms with Gasteiger partial charge in [-0.25, -0.2) is 4.98 Å². The topological polar surface area (TPSA) is 54.7 Å². The van der Waals surface area contributed by atoms with Gasteiger partial charge in [0.05, 0.1) is 0 Å². The van der Waals surface area contributed by atoms with Crippen LogP contribution in [0.5, 0.6) is 0 Å². The molecule has 0 atom stereocenters. The number of hydrogen-bond acceptors (Lipinski definition) is 2. The standard InChI is InChI=1S/C7H13N3/c1-5(2)7-9-4-6(3-8)10-7/h4-5H,3,8H2,1-2H3,(H,9,10). The van der Waals surface area contributed by atoms with E-state index in [-0.39, 0.29) is 0 Å². The number of nitrogens with one attached hydrogen (secondary N) is 1. The number of aromatic amines is 1. The molecule has 0 saturated carbocycles. The van der Waals surface area contributed by atoms with Crippen molar-refractivity contribution >= 4 is 0 Å². The van der Waals surface area contributed by atoms with Gasteiger partial charge in [0.25, 0.3) is 0 Å². The normalized spacial score (nSPS) is 10.8. The van der Waals surface area contributed by atoms with Crippen LogP contribution in [-0.2, 0) is 6.54 Å². The van der Waals surface area contributed by atoms with Crippen molar-refractivity contribution in [3.8, 4) is 0 Å². The largest absolute Gasteiger partial charge is 0.345 e. The van der Waals surface area contributed by atoms with Gasteiger partial charge >= 0.3 is 0 Å². The van der Waals surface area contributed by atoms with Gasteiger partial charge in [-0.2, -0.15) is 0 Å². The molecule has 3 heteroatoms. The number of rotatable bonds is 2. The van der Waals surface area contributed by atoms with E-state index in [0.717, 1.165) is 11.5 Å². The average molecular weight is 139 g/mol. The Bertz CT molecular complexity index is 202. The van der Waals surface area contributed by atoms with Gasteiger partial charge in [-0.05, 0) is 0 Å². The van der Waals surface area contributed by atoms with Gasteiger partial charge in [-0.1, -0.05) is 13.8 Å². The maximum absolute atomic E-state index is 5.39. The smallest absolute Gasteiger partial charge is 0.108 e. The van der Waals surface area contributed by atoms with Crippen LogP contribution in [0.1, 0.15) is 31.3 Å². The molecule has 0 aliphatic heterocycles. The fraction of sp³-hybridized carbons (Fsp3) is 0.571. The summed E-state index contributed by atoms with van der Waals surface area (Å²) < 4.78 is 0. The molecule has 0 aromatic carbocycles. The van der Waals surface area contributed by atoms with Gasteiger partial charge in [-0.3, -0.25) is 0 Å². The van der Waals surface area contributed by atoms with E-state index in [0.29, 0.717) is 12.5 Å². The average Bonchev–Trinajstić information content (AvgIpc) is 2.34. The Balaban J connectivity index is 2.78. The highest BCUT2D eigenvalue weighted by Gasteiger charge is 2.01. The first-order valence-corrected chi connectivity index (χ1v) is 3.48. The maximum atomic E-state index is 5.39. The molecule has 1 heterocycles. The number of hydrogen-bond donors (Lipinski definition) is 2. The molecule has 3 nitrogen and oxygen atoms in total. The second-order valence-corrected chi connectivity index (χ2v) is 2.65. The van der Waals surface area contributed by atoms with Crippen molar-refractivity contribution in [2.24, 2.45) is 5.73 Å². The zero-order chi connectivity index (χ0) is 7.56. The lowest BCUT2D eigenvalue weighted by Gasteiger charge is -1.96. The highest BCUT2D eigenvalue weighted by Crippen LogP contribution is 2.08. The molecule has 1 rings (SSSR count). The molecule has 0 spiro atoms. The minimum absolute atomic E-state index is 0.459. The lowest BCUT2D eigenvalue weighted by atomic mass is 10.2. The zero-order valence-electron chi connectivity index (χ0n) is 6.39. The summed E-state index contributed by atoms with van der Waals surface area (Å²) in [4.78, 5) is 7.28. The fourth-order valence-corrected chi connectivity index (χ4v) is 0.774. The molecule has 1 aromatic rings. The van der Waals surface area contributed by atoms with Crippen LogP contribution in [0.4, 0.5) is 0 Å². The van der Waals surface area contributed by atoms with E-state index in [4.69, 9.17) is 5.73 Å². The molecule has 0 aliphatic rings. The summed E-state index contributed by atoms with van der Waals surface area (Å²) in [5.41, 5.74) is 6.40. The summed E-state index contributed by atoms with van der Waals surface area (Å²) in [6, 6.07) is 0. The van der Waals surface area contributed by atoms with Crippen molar-refractivity contribution in [2.75, 3.05) is 0 Å². The van der Waals surface area contributed by atoms with Crippen LogP contribution in [0.3, 0.4) is 0 Å². The van der Waals surface area contributed by atoms with Crippen molar-refractivity contribution in [3.05, 3.63) is 17.7 Å². The van der Waals surface area contributed by atoms with Gasteiger partial charge in [0.2, 0.25) is 0 Å². The molecule has 56 valence electrons. The Labute approximate surface area is 60.7 Å². The van der Waals surface area contributed by atoms with Crippen molar-refractivity contribution in [2.45, 2.75) is 26.3 Å². The van der Waals surface area contributed by atoms with Crippen molar-refractivity contribution in [1.29, 1.82) is 0 Å². The Kier molecular flexibility index (Phi) is 2.06. The summed E-state index contributed by atoms with van der Waals surface area (Å²) in [5, 5.41) is 0. The third-order valence-corrected chi connectivity index (χ3v) is 1.41. The minimum atomic E-state index is 0.459. The van der Waals surface area contributed by atoms with Gasteiger partial charge < -0.3 is 10.7 Å². The van der Waals surface area contributed by atoms with E-state index in [1.165, 1.54) is 0 Å². The first kappa shape index (κ1) is 7.28. The predicted octanol–water partition coefficient (Wildman–Crippen LogP) is 0.992. The van der Waals surface area contributed by atoms with Crippen molar-refractivity contribution in [3.63, 3.8) is 0 Å². The van der Waals surface area contributed by atoms with Gasteiger partial charge in [0.1, 0.15) is 5.82 Å². The molecule has 0 bridgehead atoms. The monoisotopic (exact) mass is 139 g/mol. The van der Waals surface area contributed by atoms with E-state index >= 15 is 0 Å². The Hall–Kier alpha value is -0.830. The Morgan fingerprint density at radius 2 is 2.40 bits per heavy atom. The van der Waals surface area contributed by atoms with Crippen molar-refractivity contribution < 1.29 is 0 Å². The molecule has 0 amide bonds. The lowest BCUT2D eigenvalue weighted by Crippen LogP contribution is -1.97. The molecule has 0 aliphatic carbocycles. The summed E-state index contributed by atoms with van der Waals surface area (Å²) in [6.07, 6.45) is 1.79. The van der Waals surface area contributed by atoms with E-state index in [9.17, 15) is 0 Å². The van der Waals surface area contributed by atoms with Gasteiger partial charge in [0.15, 0.2) is 0 Å². The molecular formula is C7H13N3. The zero-order valence-corrected chi connectivity index (χ0v) is 6.39. The third-order valence-electron chi connectivity index (χ3n) is 1.41. The molecule has 1 aromatic heterocycles. The molecule has 3 N–H and O–H groups in total. The second kappa shape index (κ2) is 2.84. The first-order valence-electron chi connectivity index (χ1n) is 3.48. The van der Waals surface area contributed by atoms with Gasteiger partial charge in [0, 0.05) is 24.4 Å². The summed E-state index contributed by atoms with van der Waals surface area (Å²) >= 11 is 0. The molecule has 0 unspecified atom stereocenters. The fourth-order valence-electron chi connectivity index (χ4n) is 0.774. The highest BCUT2D eigenvalue weighted by molar-refractivity contribution is 5.03. The maximum Gasteiger partial charge on any atom is 0.108 e. The van der Waals surface area contributed by atoms with E-state index in [2.05, 4.69) is 23.8 Å². The third kappa shape index (κ3) is 1.36. The Morgan fingerprint density at radius 3 is 2.70 bits per heavy atom. The SMILES string of the molecule is CC(C)c1ncc(CN)[nH]1. The number of aromatic nitrogens is 2. The summed E-state index contributed by atoms with van der Waals surface area (Å²) in [6.45, 7) is 4.73. The van der Waals surface area contributed by atoms with Crippen LogP contribution in [-0.4, -0.2) is 9.97 Å². The number of nitrogens with zero attached hydrogens (tertiary/aromatic N) is 1. The van der Waals surface area contributed by atoms with Crippen LogP contribution in [0.2, 0.25) is 0 Å².